The summed E-state index contributed by atoms with van der Waals surface area (Å²) in [4.78, 5) is 27.2. The van der Waals surface area contributed by atoms with Gasteiger partial charge in [0.2, 0.25) is 21.8 Å². The van der Waals surface area contributed by atoms with E-state index in [1.807, 2.05) is 0 Å². The number of rotatable bonds is 10. The summed E-state index contributed by atoms with van der Waals surface area (Å²) in [7, 11) is -2.30. The smallest absolute Gasteiger partial charge is 0.244 e. The number of nitrogens with one attached hydrogen (secondary N) is 1. The SMILES string of the molecule is CCNC(=O)C(C)N(Cc1ccc(OC)cc1)C(=O)CN(c1ccc(Cl)c(Cl)c1)S(C)(=O)=O. The predicted octanol–water partition coefficient (Wildman–Crippen LogP) is 3.32. The lowest BCUT2D eigenvalue weighted by atomic mass is 10.1. The first-order valence-electron chi connectivity index (χ1n) is 10.1. The van der Waals surface area contributed by atoms with E-state index in [1.54, 1.807) is 45.2 Å². The molecular weight excluding hydrogens is 489 g/mol. The summed E-state index contributed by atoms with van der Waals surface area (Å²) in [6, 6.07) is 10.5. The highest BCUT2D eigenvalue weighted by atomic mass is 35.5. The summed E-state index contributed by atoms with van der Waals surface area (Å²) in [5.74, 6) is -0.253. The lowest BCUT2D eigenvalue weighted by molar-refractivity contribution is -0.139. The molecule has 0 aliphatic carbocycles. The lowest BCUT2D eigenvalue weighted by Gasteiger charge is -2.31. The van der Waals surface area contributed by atoms with Crippen molar-refractivity contribution in [1.82, 2.24) is 10.2 Å². The van der Waals surface area contributed by atoms with Crippen molar-refractivity contribution in [1.29, 1.82) is 0 Å². The number of hydrogen-bond acceptors (Lipinski definition) is 5. The van der Waals surface area contributed by atoms with E-state index in [2.05, 4.69) is 5.32 Å². The average Bonchev–Trinajstić information content (AvgIpc) is 2.77. The molecule has 1 atom stereocenters. The van der Waals surface area contributed by atoms with Gasteiger partial charge < -0.3 is 15.0 Å². The van der Waals surface area contributed by atoms with Crippen LogP contribution in [-0.2, 0) is 26.2 Å². The number of nitrogens with zero attached hydrogens (tertiary/aromatic N) is 2. The van der Waals surface area contributed by atoms with Crippen molar-refractivity contribution in [2.75, 3.05) is 30.8 Å². The van der Waals surface area contributed by atoms with E-state index in [9.17, 15) is 18.0 Å². The zero-order valence-corrected chi connectivity index (χ0v) is 21.2. The fourth-order valence-electron chi connectivity index (χ4n) is 3.09. The Labute approximate surface area is 204 Å². The number of hydrogen-bond donors (Lipinski definition) is 1. The first-order chi connectivity index (χ1) is 15.5. The molecule has 0 aliphatic rings. The van der Waals surface area contributed by atoms with Gasteiger partial charge in [-0.2, -0.15) is 0 Å². The van der Waals surface area contributed by atoms with Crippen molar-refractivity contribution in [3.63, 3.8) is 0 Å². The molecule has 0 aliphatic heterocycles. The van der Waals surface area contributed by atoms with E-state index in [-0.39, 0.29) is 28.2 Å². The predicted molar refractivity (Wildman–Crippen MR) is 130 cm³/mol. The van der Waals surface area contributed by atoms with Crippen molar-refractivity contribution in [3.05, 3.63) is 58.1 Å². The van der Waals surface area contributed by atoms with Crippen molar-refractivity contribution < 1.29 is 22.7 Å². The third-order valence-electron chi connectivity index (χ3n) is 4.90. The molecule has 0 aromatic heterocycles. The van der Waals surface area contributed by atoms with Crippen LogP contribution in [0.5, 0.6) is 5.75 Å². The monoisotopic (exact) mass is 515 g/mol. The Balaban J connectivity index is 2.39. The fraction of sp³-hybridized carbons (Fsp3) is 0.364. The summed E-state index contributed by atoms with van der Waals surface area (Å²) >= 11 is 12.0. The van der Waals surface area contributed by atoms with Gasteiger partial charge in [-0.3, -0.25) is 13.9 Å². The minimum Gasteiger partial charge on any atom is -0.497 e. The van der Waals surface area contributed by atoms with E-state index < -0.39 is 28.5 Å². The second-order valence-electron chi connectivity index (χ2n) is 7.31. The molecule has 1 N–H and O–H groups in total. The minimum atomic E-state index is -3.85. The zero-order valence-electron chi connectivity index (χ0n) is 18.8. The molecule has 180 valence electrons. The van der Waals surface area contributed by atoms with Gasteiger partial charge in [0.25, 0.3) is 0 Å². The van der Waals surface area contributed by atoms with E-state index >= 15 is 0 Å². The largest absolute Gasteiger partial charge is 0.497 e. The van der Waals surface area contributed by atoms with Crippen LogP contribution < -0.4 is 14.4 Å². The van der Waals surface area contributed by atoms with Crippen LogP contribution >= 0.6 is 23.2 Å². The van der Waals surface area contributed by atoms with Gasteiger partial charge in [-0.05, 0) is 49.7 Å². The van der Waals surface area contributed by atoms with Gasteiger partial charge in [-0.15, -0.1) is 0 Å². The van der Waals surface area contributed by atoms with Gasteiger partial charge in [0.05, 0.1) is 29.1 Å². The third kappa shape index (κ3) is 7.25. The van der Waals surface area contributed by atoms with Crippen molar-refractivity contribution in [3.8, 4) is 5.75 Å². The van der Waals surface area contributed by atoms with E-state index in [0.717, 1.165) is 16.1 Å². The van der Waals surface area contributed by atoms with Gasteiger partial charge in [-0.25, -0.2) is 8.42 Å². The number of likely N-dealkylation sites (N-methyl/N-ethyl adjacent to an activating group) is 1. The molecule has 33 heavy (non-hydrogen) atoms. The Morgan fingerprint density at radius 3 is 2.24 bits per heavy atom. The number of halogens is 2. The molecule has 2 rings (SSSR count). The number of carbonyl (C=O) groups excluding carboxylic acids is 2. The first-order valence-corrected chi connectivity index (χ1v) is 12.7. The van der Waals surface area contributed by atoms with Crippen LogP contribution in [0.25, 0.3) is 0 Å². The average molecular weight is 516 g/mol. The third-order valence-corrected chi connectivity index (χ3v) is 6.78. The Bertz CT molecular complexity index is 1090. The highest BCUT2D eigenvalue weighted by Crippen LogP contribution is 2.28. The van der Waals surface area contributed by atoms with Crippen LogP contribution in [0.15, 0.2) is 42.5 Å². The summed E-state index contributed by atoms with van der Waals surface area (Å²) < 4.78 is 31.1. The van der Waals surface area contributed by atoms with Gasteiger partial charge in [0, 0.05) is 13.1 Å². The molecule has 1 unspecified atom stereocenters. The molecular formula is C22H27Cl2N3O5S. The molecule has 0 saturated heterocycles. The molecule has 2 amide bonds. The van der Waals surface area contributed by atoms with Crippen molar-refractivity contribution in [2.24, 2.45) is 0 Å². The second kappa shape index (κ2) is 11.6. The topological polar surface area (TPSA) is 96.0 Å². The Hall–Kier alpha value is -2.49. The quantitative estimate of drug-likeness (QED) is 0.523. The van der Waals surface area contributed by atoms with Gasteiger partial charge in [0.1, 0.15) is 18.3 Å². The normalized spacial score (nSPS) is 12.1. The Morgan fingerprint density at radius 2 is 1.73 bits per heavy atom. The number of carbonyl (C=O) groups is 2. The van der Waals surface area contributed by atoms with Gasteiger partial charge in [0.15, 0.2) is 0 Å². The van der Waals surface area contributed by atoms with Gasteiger partial charge >= 0.3 is 0 Å². The molecule has 0 heterocycles. The molecule has 8 nitrogen and oxygen atoms in total. The molecule has 0 bridgehead atoms. The molecule has 0 radical (unpaired) electrons. The number of sulfonamides is 1. The van der Waals surface area contributed by atoms with Crippen molar-refractivity contribution >= 4 is 50.7 Å². The highest BCUT2D eigenvalue weighted by Gasteiger charge is 2.30. The van der Waals surface area contributed by atoms with Crippen LogP contribution in [0, 0.1) is 0 Å². The van der Waals surface area contributed by atoms with Gasteiger partial charge in [-0.1, -0.05) is 35.3 Å². The number of benzene rings is 2. The van der Waals surface area contributed by atoms with E-state index in [0.29, 0.717) is 12.3 Å². The zero-order chi connectivity index (χ0) is 24.8. The molecule has 0 saturated carbocycles. The fourth-order valence-corrected chi connectivity index (χ4v) is 4.22. The van der Waals surface area contributed by atoms with Crippen LogP contribution in [-0.4, -0.2) is 57.6 Å². The molecule has 0 spiro atoms. The molecule has 2 aromatic rings. The van der Waals surface area contributed by atoms with Crippen LogP contribution in [0.4, 0.5) is 5.69 Å². The second-order valence-corrected chi connectivity index (χ2v) is 10.0. The summed E-state index contributed by atoms with van der Waals surface area (Å²) in [6.45, 7) is 3.34. The van der Waals surface area contributed by atoms with E-state index in [4.69, 9.17) is 27.9 Å². The summed E-state index contributed by atoms with van der Waals surface area (Å²) in [5.41, 5.74) is 0.941. The van der Waals surface area contributed by atoms with E-state index in [1.165, 1.54) is 23.1 Å². The minimum absolute atomic E-state index is 0.0973. The number of ether oxygens (including phenoxy) is 1. The maximum atomic E-state index is 13.4. The summed E-state index contributed by atoms with van der Waals surface area (Å²) in [6.07, 6.45) is 0.990. The lowest BCUT2D eigenvalue weighted by Crippen LogP contribution is -2.51. The standard InChI is InChI=1S/C22H27Cl2N3O5S/c1-5-25-22(29)15(2)26(13-16-6-9-18(32-3)10-7-16)21(28)14-27(33(4,30)31)17-8-11-19(23)20(24)12-17/h6-12,15H,5,13-14H2,1-4H3,(H,25,29). The number of methoxy groups -OCH3 is 1. The molecule has 0 fully saturated rings. The maximum Gasteiger partial charge on any atom is 0.244 e. The van der Waals surface area contributed by atoms with Crippen molar-refractivity contribution in [2.45, 2.75) is 26.4 Å². The number of amides is 2. The van der Waals surface area contributed by atoms with Crippen LogP contribution in [0.2, 0.25) is 10.0 Å². The Morgan fingerprint density at radius 1 is 1.09 bits per heavy atom. The Kier molecular flexibility index (Phi) is 9.39. The number of anilines is 1. The highest BCUT2D eigenvalue weighted by molar-refractivity contribution is 7.92. The maximum absolute atomic E-state index is 13.4. The summed E-state index contributed by atoms with van der Waals surface area (Å²) in [5, 5.41) is 3.11. The van der Waals surface area contributed by atoms with Crippen LogP contribution in [0.1, 0.15) is 19.4 Å². The first kappa shape index (κ1) is 26.8. The van der Waals surface area contributed by atoms with Crippen LogP contribution in [0.3, 0.4) is 0 Å². The molecule has 11 heteroatoms. The molecule has 2 aromatic carbocycles.